The summed E-state index contributed by atoms with van der Waals surface area (Å²) in [6.45, 7) is 1.86. The molecule has 0 aliphatic carbocycles. The van der Waals surface area contributed by atoms with Crippen LogP contribution in [0.25, 0.3) is 0 Å². The summed E-state index contributed by atoms with van der Waals surface area (Å²) in [5, 5.41) is 2.76. The smallest absolute Gasteiger partial charge is 0.337 e. The molecule has 25 heavy (non-hydrogen) atoms. The molecule has 0 aromatic heterocycles. The largest absolute Gasteiger partial charge is 0.497 e. The van der Waals surface area contributed by atoms with Gasteiger partial charge >= 0.3 is 5.97 Å². The van der Waals surface area contributed by atoms with E-state index in [4.69, 9.17) is 9.47 Å². The van der Waals surface area contributed by atoms with Crippen LogP contribution >= 0.6 is 0 Å². The van der Waals surface area contributed by atoms with Crippen molar-refractivity contribution in [2.24, 2.45) is 0 Å². The van der Waals surface area contributed by atoms with Crippen molar-refractivity contribution in [1.29, 1.82) is 0 Å². The van der Waals surface area contributed by atoms with Crippen molar-refractivity contribution in [2.45, 2.75) is 19.4 Å². The summed E-state index contributed by atoms with van der Waals surface area (Å²) in [5.74, 6) is 0.536. The van der Waals surface area contributed by atoms with E-state index in [1.165, 1.54) is 7.11 Å². The molecule has 0 heterocycles. The van der Waals surface area contributed by atoms with Crippen LogP contribution in [0.1, 0.15) is 23.7 Å². The van der Waals surface area contributed by atoms with Crippen LogP contribution in [-0.2, 0) is 9.53 Å². The molecule has 0 unspecified atom stereocenters. The lowest BCUT2D eigenvalue weighted by Crippen LogP contribution is -2.32. The van der Waals surface area contributed by atoms with Crippen molar-refractivity contribution in [1.82, 2.24) is 0 Å². The van der Waals surface area contributed by atoms with E-state index in [1.807, 2.05) is 6.92 Å². The number of rotatable bonds is 7. The summed E-state index contributed by atoms with van der Waals surface area (Å²) in [4.78, 5) is 24.0. The van der Waals surface area contributed by atoms with Gasteiger partial charge in [0.2, 0.25) is 0 Å². The maximum atomic E-state index is 12.4. The lowest BCUT2D eigenvalue weighted by Gasteiger charge is -2.17. The van der Waals surface area contributed by atoms with Gasteiger partial charge in [-0.15, -0.1) is 0 Å². The molecule has 0 saturated carbocycles. The summed E-state index contributed by atoms with van der Waals surface area (Å²) in [6.07, 6.45) is -0.163. The first kappa shape index (κ1) is 18.3. The number of benzene rings is 2. The number of carbonyl (C=O) groups excluding carboxylic acids is 2. The van der Waals surface area contributed by atoms with Crippen molar-refractivity contribution < 1.29 is 23.8 Å². The highest BCUT2D eigenvalue weighted by Crippen LogP contribution is 2.20. The molecule has 0 saturated heterocycles. The van der Waals surface area contributed by atoms with E-state index in [1.54, 1.807) is 55.6 Å². The highest BCUT2D eigenvalue weighted by molar-refractivity contribution is 5.96. The Morgan fingerprint density at radius 3 is 2.32 bits per heavy atom. The second kappa shape index (κ2) is 8.73. The zero-order chi connectivity index (χ0) is 18.2. The Balaban J connectivity index is 2.05. The van der Waals surface area contributed by atoms with E-state index >= 15 is 0 Å². The quantitative estimate of drug-likeness (QED) is 0.781. The number of hydrogen-bond acceptors (Lipinski definition) is 5. The fourth-order valence-corrected chi connectivity index (χ4v) is 2.21. The lowest BCUT2D eigenvalue weighted by molar-refractivity contribution is -0.122. The number of anilines is 1. The summed E-state index contributed by atoms with van der Waals surface area (Å²) in [6, 6.07) is 13.6. The molecule has 1 amide bonds. The average Bonchev–Trinajstić information content (AvgIpc) is 2.66. The van der Waals surface area contributed by atoms with Gasteiger partial charge in [-0.05, 0) is 48.9 Å². The minimum Gasteiger partial charge on any atom is -0.497 e. The summed E-state index contributed by atoms with van der Waals surface area (Å²) in [7, 11) is 2.89. The molecule has 0 aliphatic heterocycles. The van der Waals surface area contributed by atoms with E-state index in [2.05, 4.69) is 10.1 Å². The summed E-state index contributed by atoms with van der Waals surface area (Å²) >= 11 is 0. The summed E-state index contributed by atoms with van der Waals surface area (Å²) < 4.78 is 15.5. The van der Waals surface area contributed by atoms with E-state index in [-0.39, 0.29) is 5.91 Å². The minimum absolute atomic E-state index is 0.291. The Hall–Kier alpha value is -3.02. The zero-order valence-electron chi connectivity index (χ0n) is 14.4. The number of hydrogen-bond donors (Lipinski definition) is 1. The number of methoxy groups -OCH3 is 2. The van der Waals surface area contributed by atoms with Gasteiger partial charge in [0.1, 0.15) is 11.5 Å². The van der Waals surface area contributed by atoms with Crippen LogP contribution < -0.4 is 14.8 Å². The third-order valence-corrected chi connectivity index (χ3v) is 3.55. The standard InChI is InChI=1S/C19H21NO5/c1-4-17(25-16-10-8-15(23-2)9-11-16)18(21)20-14-7-5-6-13(12-14)19(22)24-3/h5-12,17H,4H2,1-3H3,(H,20,21)/t17-/m0/s1. The highest BCUT2D eigenvalue weighted by atomic mass is 16.5. The Kier molecular flexibility index (Phi) is 6.39. The third-order valence-electron chi connectivity index (χ3n) is 3.55. The van der Waals surface area contributed by atoms with Gasteiger partial charge in [-0.3, -0.25) is 4.79 Å². The predicted molar refractivity (Wildman–Crippen MR) is 94.1 cm³/mol. The monoisotopic (exact) mass is 343 g/mol. The SMILES string of the molecule is CC[C@H](Oc1ccc(OC)cc1)C(=O)Nc1cccc(C(=O)OC)c1. The molecule has 0 aliphatic rings. The zero-order valence-corrected chi connectivity index (χ0v) is 14.4. The molecular weight excluding hydrogens is 322 g/mol. The van der Waals surface area contributed by atoms with Gasteiger partial charge in [-0.25, -0.2) is 4.79 Å². The van der Waals surface area contributed by atoms with Crippen LogP contribution in [0.15, 0.2) is 48.5 Å². The van der Waals surface area contributed by atoms with E-state index in [0.717, 1.165) is 0 Å². The number of carbonyl (C=O) groups is 2. The first-order chi connectivity index (χ1) is 12.1. The fourth-order valence-electron chi connectivity index (χ4n) is 2.21. The average molecular weight is 343 g/mol. The molecule has 0 bridgehead atoms. The molecule has 2 aromatic carbocycles. The van der Waals surface area contributed by atoms with Crippen molar-refractivity contribution >= 4 is 17.6 Å². The first-order valence-electron chi connectivity index (χ1n) is 7.87. The van der Waals surface area contributed by atoms with Crippen molar-refractivity contribution in [2.75, 3.05) is 19.5 Å². The van der Waals surface area contributed by atoms with E-state index in [0.29, 0.717) is 29.2 Å². The van der Waals surface area contributed by atoms with Crippen molar-refractivity contribution in [3.8, 4) is 11.5 Å². The minimum atomic E-state index is -0.657. The number of esters is 1. The Morgan fingerprint density at radius 1 is 1.04 bits per heavy atom. The second-order valence-corrected chi connectivity index (χ2v) is 5.25. The number of ether oxygens (including phenoxy) is 3. The molecule has 132 valence electrons. The van der Waals surface area contributed by atoms with Crippen LogP contribution in [0.5, 0.6) is 11.5 Å². The molecule has 6 heteroatoms. The molecule has 2 rings (SSSR count). The van der Waals surface area contributed by atoms with Crippen molar-refractivity contribution in [3.63, 3.8) is 0 Å². The number of nitrogens with one attached hydrogen (secondary N) is 1. The van der Waals surface area contributed by atoms with Gasteiger partial charge in [0.25, 0.3) is 5.91 Å². The first-order valence-corrected chi connectivity index (χ1v) is 7.87. The molecule has 1 N–H and O–H groups in total. The van der Waals surface area contributed by atoms with E-state index in [9.17, 15) is 9.59 Å². The third kappa shape index (κ3) is 4.97. The molecular formula is C19H21NO5. The van der Waals surface area contributed by atoms with Crippen molar-refractivity contribution in [3.05, 3.63) is 54.1 Å². The molecule has 0 radical (unpaired) electrons. The molecule has 0 spiro atoms. The molecule has 6 nitrogen and oxygen atoms in total. The van der Waals surface area contributed by atoms with Crippen LogP contribution in [0.4, 0.5) is 5.69 Å². The second-order valence-electron chi connectivity index (χ2n) is 5.25. The molecule has 1 atom stereocenters. The normalized spacial score (nSPS) is 11.3. The van der Waals surface area contributed by atoms with E-state index < -0.39 is 12.1 Å². The van der Waals surface area contributed by atoms with Gasteiger partial charge in [-0.1, -0.05) is 13.0 Å². The van der Waals surface area contributed by atoms with Gasteiger partial charge in [0, 0.05) is 5.69 Å². The Bertz CT molecular complexity index is 727. The number of amides is 1. The van der Waals surface area contributed by atoms with Gasteiger partial charge in [-0.2, -0.15) is 0 Å². The maximum absolute atomic E-state index is 12.4. The fraction of sp³-hybridized carbons (Fsp3) is 0.263. The van der Waals surface area contributed by atoms with Crippen LogP contribution in [-0.4, -0.2) is 32.2 Å². The predicted octanol–water partition coefficient (Wildman–Crippen LogP) is 3.28. The molecule has 2 aromatic rings. The topological polar surface area (TPSA) is 73.9 Å². The van der Waals surface area contributed by atoms with Crippen LogP contribution in [0.3, 0.4) is 0 Å². The lowest BCUT2D eigenvalue weighted by atomic mass is 10.2. The van der Waals surface area contributed by atoms with Crippen LogP contribution in [0.2, 0.25) is 0 Å². The Morgan fingerprint density at radius 2 is 1.72 bits per heavy atom. The molecule has 0 fully saturated rings. The summed E-state index contributed by atoms with van der Waals surface area (Å²) in [5.41, 5.74) is 0.870. The van der Waals surface area contributed by atoms with Gasteiger partial charge < -0.3 is 19.5 Å². The van der Waals surface area contributed by atoms with Gasteiger partial charge in [0.15, 0.2) is 6.10 Å². The highest BCUT2D eigenvalue weighted by Gasteiger charge is 2.19. The van der Waals surface area contributed by atoms with Gasteiger partial charge in [0.05, 0.1) is 19.8 Å². The van der Waals surface area contributed by atoms with Crippen LogP contribution in [0, 0.1) is 0 Å². The maximum Gasteiger partial charge on any atom is 0.337 e. The Labute approximate surface area is 146 Å².